The molecule has 1 atom stereocenters. The Hall–Kier alpha value is -0.450. The zero-order chi connectivity index (χ0) is 25.8. The molecule has 0 heterocycles. The molecule has 0 aromatic carbocycles. The van der Waals surface area contributed by atoms with Gasteiger partial charge in [-0.05, 0) is 64.2 Å². The summed E-state index contributed by atoms with van der Waals surface area (Å²) in [4.78, 5) is 19.2. The highest BCUT2D eigenvalue weighted by Crippen LogP contribution is 2.52. The second kappa shape index (κ2) is 19.7. The highest BCUT2D eigenvalue weighted by Gasteiger charge is 2.48. The minimum Gasteiger partial charge on any atom is -0.373 e. The summed E-state index contributed by atoms with van der Waals surface area (Å²) in [6.45, 7) is 2.32. The minimum absolute atomic E-state index is 0.0551. The second-order valence-corrected chi connectivity index (χ2v) is 13.0. The fourth-order valence-corrected chi connectivity index (χ4v) is 5.37. The number of hydrogen-bond donors (Lipinski definition) is 3. The Morgan fingerprint density at radius 1 is 0.647 bits per heavy atom. The van der Waals surface area contributed by atoms with Gasteiger partial charge in [0.25, 0.3) is 0 Å². The van der Waals surface area contributed by atoms with Crippen LogP contribution in [0.5, 0.6) is 0 Å². The van der Waals surface area contributed by atoms with Gasteiger partial charge in [0.15, 0.2) is 0 Å². The normalized spacial score (nSPS) is 14.9. The highest BCUT2D eigenvalue weighted by molar-refractivity contribution is 7.53. The van der Waals surface area contributed by atoms with Crippen molar-refractivity contribution >= 4 is 7.60 Å². The largest absolute Gasteiger partial charge is 0.373 e. The third kappa shape index (κ3) is 19.8. The van der Waals surface area contributed by atoms with Gasteiger partial charge in [0.2, 0.25) is 5.34 Å². The molecule has 0 fully saturated rings. The number of quaternary nitrogens is 1. The van der Waals surface area contributed by atoms with Crippen molar-refractivity contribution in [2.24, 2.45) is 0 Å². The lowest BCUT2D eigenvalue weighted by molar-refractivity contribution is -0.875. The van der Waals surface area contributed by atoms with Gasteiger partial charge >= 0.3 is 7.60 Å². The molecule has 0 aliphatic heterocycles. The quantitative estimate of drug-likeness (QED) is 0.0578. The summed E-state index contributed by atoms with van der Waals surface area (Å²) in [5.41, 5.74) is 0. The van der Waals surface area contributed by atoms with E-state index in [1.165, 1.54) is 77.0 Å². The predicted octanol–water partition coefficient (Wildman–Crippen LogP) is 7.71. The van der Waals surface area contributed by atoms with E-state index in [4.69, 9.17) is 0 Å². The van der Waals surface area contributed by atoms with Gasteiger partial charge in [0.1, 0.15) is 6.54 Å². The summed E-state index contributed by atoms with van der Waals surface area (Å²) >= 11 is 0. The molecule has 3 N–H and O–H groups in total. The number of aliphatic hydroxyl groups is 1. The van der Waals surface area contributed by atoms with Crippen LogP contribution in [0.3, 0.4) is 0 Å². The van der Waals surface area contributed by atoms with Crippen LogP contribution in [-0.4, -0.2) is 52.4 Å². The molecular weight excluding hydrogens is 445 g/mol. The molecule has 0 aromatic heterocycles. The maximum Gasteiger partial charge on any atom is 0.362 e. The summed E-state index contributed by atoms with van der Waals surface area (Å²) in [5, 5.41) is 8.64. The smallest absolute Gasteiger partial charge is 0.362 e. The van der Waals surface area contributed by atoms with Crippen molar-refractivity contribution in [3.05, 3.63) is 24.3 Å². The maximum atomic E-state index is 11.8. The highest BCUT2D eigenvalue weighted by atomic mass is 31.2. The van der Waals surface area contributed by atoms with Crippen LogP contribution >= 0.6 is 7.60 Å². The Morgan fingerprint density at radius 2 is 1.00 bits per heavy atom. The van der Waals surface area contributed by atoms with E-state index in [-0.39, 0.29) is 13.0 Å². The van der Waals surface area contributed by atoms with Gasteiger partial charge in [-0.3, -0.25) is 4.57 Å². The van der Waals surface area contributed by atoms with Gasteiger partial charge in [-0.15, -0.1) is 0 Å². The van der Waals surface area contributed by atoms with E-state index >= 15 is 0 Å². The van der Waals surface area contributed by atoms with E-state index in [1.807, 2.05) is 21.1 Å². The topological polar surface area (TPSA) is 77.8 Å². The van der Waals surface area contributed by atoms with Gasteiger partial charge in [0.05, 0.1) is 21.1 Å². The summed E-state index contributed by atoms with van der Waals surface area (Å²) in [6.07, 6.45) is 29.8. The molecule has 0 amide bonds. The molecule has 6 heteroatoms. The predicted molar refractivity (Wildman–Crippen MR) is 147 cm³/mol. The van der Waals surface area contributed by atoms with Crippen LogP contribution in [0.4, 0.5) is 0 Å². The summed E-state index contributed by atoms with van der Waals surface area (Å²) in [5.74, 6) is 0. The first-order valence-electron chi connectivity index (χ1n) is 13.9. The molecule has 0 rings (SSSR count). The Bertz CT molecular complexity index is 579. The molecule has 202 valence electrons. The third-order valence-electron chi connectivity index (χ3n) is 6.27. The number of hydrogen-bond acceptors (Lipinski definition) is 2. The fraction of sp³-hybridized carbons (Fsp3) is 0.857. The minimum atomic E-state index is -4.55. The first-order chi connectivity index (χ1) is 16.0. The zero-order valence-electron chi connectivity index (χ0n) is 22.9. The van der Waals surface area contributed by atoms with Gasteiger partial charge in [0, 0.05) is 0 Å². The van der Waals surface area contributed by atoms with E-state index in [1.54, 1.807) is 0 Å². The molecule has 0 radical (unpaired) electrons. The lowest BCUT2D eigenvalue weighted by atomic mass is 10.0. The number of unbranched alkanes of at least 4 members (excludes halogenated alkanes) is 14. The van der Waals surface area contributed by atoms with Crippen molar-refractivity contribution in [3.63, 3.8) is 0 Å². The molecule has 0 saturated carbocycles. The van der Waals surface area contributed by atoms with Crippen molar-refractivity contribution in [1.29, 1.82) is 0 Å². The van der Waals surface area contributed by atoms with Crippen LogP contribution in [0.2, 0.25) is 0 Å². The Morgan fingerprint density at radius 3 is 1.38 bits per heavy atom. The van der Waals surface area contributed by atoms with Gasteiger partial charge in [-0.2, -0.15) is 0 Å². The van der Waals surface area contributed by atoms with E-state index in [0.29, 0.717) is 10.9 Å². The van der Waals surface area contributed by atoms with Crippen LogP contribution in [0.1, 0.15) is 122 Å². The molecule has 5 nitrogen and oxygen atoms in total. The molecule has 0 spiro atoms. The van der Waals surface area contributed by atoms with Gasteiger partial charge in [-0.25, -0.2) is 0 Å². The Kier molecular flexibility index (Phi) is 19.4. The van der Waals surface area contributed by atoms with Crippen LogP contribution < -0.4 is 0 Å². The number of nitrogens with zero attached hydrogens (tertiary/aromatic N) is 1. The van der Waals surface area contributed by atoms with E-state index in [2.05, 4.69) is 31.2 Å². The summed E-state index contributed by atoms with van der Waals surface area (Å²) in [6, 6.07) is 0. The average molecular weight is 503 g/mol. The van der Waals surface area contributed by atoms with E-state index in [9.17, 15) is 19.5 Å². The zero-order valence-corrected chi connectivity index (χ0v) is 23.8. The van der Waals surface area contributed by atoms with Crippen molar-refractivity contribution in [1.82, 2.24) is 0 Å². The van der Waals surface area contributed by atoms with Gasteiger partial charge < -0.3 is 19.4 Å². The molecule has 34 heavy (non-hydrogen) atoms. The van der Waals surface area contributed by atoms with Crippen LogP contribution in [0, 0.1) is 0 Å². The monoisotopic (exact) mass is 502 g/mol. The Balaban J connectivity index is 3.62. The average Bonchev–Trinajstić information content (AvgIpc) is 2.73. The van der Waals surface area contributed by atoms with Crippen LogP contribution in [0.15, 0.2) is 24.3 Å². The lowest BCUT2D eigenvalue weighted by Gasteiger charge is -2.35. The van der Waals surface area contributed by atoms with E-state index in [0.717, 1.165) is 25.7 Å². The van der Waals surface area contributed by atoms with Gasteiger partial charge in [-0.1, -0.05) is 82.6 Å². The molecular formula is C28H57NO4P+. The first kappa shape index (κ1) is 33.5. The standard InChI is InChI=1S/C28H56NO4P/c1-5-6-7-8-9-10-11-12-13-14-15-16-17-18-19-20-21-22-23-24-25-26-28(30,34(31,32)33)27-29(2,3)4/h11-12,17-18,30H,5-10,13-16,19-27H2,1-4H3,(H-,31,32,33)/p+1/b12-11-,18-17-. The third-order valence-corrected chi connectivity index (χ3v) is 7.72. The second-order valence-electron chi connectivity index (χ2n) is 11.1. The maximum absolute atomic E-state index is 11.8. The molecule has 0 aromatic rings. The van der Waals surface area contributed by atoms with Crippen LogP contribution in [-0.2, 0) is 4.57 Å². The first-order valence-corrected chi connectivity index (χ1v) is 15.5. The van der Waals surface area contributed by atoms with Crippen LogP contribution in [0.25, 0.3) is 0 Å². The SMILES string of the molecule is CCCCCCC/C=C\CCCC/C=C\CCCCCCCCC(O)(C[N+](C)(C)C)P(=O)(O)O. The van der Waals surface area contributed by atoms with Crippen molar-refractivity contribution in [3.8, 4) is 0 Å². The summed E-state index contributed by atoms with van der Waals surface area (Å²) < 4.78 is 12.1. The molecule has 0 saturated heterocycles. The fourth-order valence-electron chi connectivity index (χ4n) is 4.32. The lowest BCUT2D eigenvalue weighted by Crippen LogP contribution is -2.49. The van der Waals surface area contributed by atoms with Crippen molar-refractivity contribution in [2.45, 2.75) is 128 Å². The molecule has 0 aliphatic rings. The number of allylic oxidation sites excluding steroid dienone is 4. The molecule has 0 aliphatic carbocycles. The molecule has 0 bridgehead atoms. The molecule has 1 unspecified atom stereocenters. The van der Waals surface area contributed by atoms with Crippen molar-refractivity contribution < 1.29 is 23.9 Å². The number of likely N-dealkylation sites (N-methyl/N-ethyl adjacent to an activating group) is 1. The Labute approximate surface area is 211 Å². The van der Waals surface area contributed by atoms with E-state index < -0.39 is 12.9 Å². The number of rotatable bonds is 23. The van der Waals surface area contributed by atoms with Crippen molar-refractivity contribution in [2.75, 3.05) is 27.7 Å². The summed E-state index contributed by atoms with van der Waals surface area (Å²) in [7, 11) is 0.962.